The molecular formula is C11H20N2O3. The number of carbonyl (C=O) groups excluding carboxylic acids is 1. The van der Waals surface area contributed by atoms with Gasteiger partial charge in [0.25, 0.3) is 0 Å². The topological polar surface area (TPSA) is 78.4 Å². The molecule has 3 N–H and O–H groups in total. The van der Waals surface area contributed by atoms with E-state index in [4.69, 9.17) is 5.11 Å². The summed E-state index contributed by atoms with van der Waals surface area (Å²) in [4.78, 5) is 22.2. The molecule has 1 fully saturated rings. The van der Waals surface area contributed by atoms with E-state index in [1.165, 1.54) is 0 Å². The van der Waals surface area contributed by atoms with E-state index in [0.29, 0.717) is 24.8 Å². The molecule has 5 nitrogen and oxygen atoms in total. The van der Waals surface area contributed by atoms with Crippen LogP contribution in [0.5, 0.6) is 0 Å². The first-order valence-corrected chi connectivity index (χ1v) is 5.81. The lowest BCUT2D eigenvalue weighted by Gasteiger charge is -2.14. The highest BCUT2D eigenvalue weighted by Gasteiger charge is 2.32. The van der Waals surface area contributed by atoms with E-state index in [1.807, 2.05) is 6.92 Å². The molecule has 92 valence electrons. The fourth-order valence-corrected chi connectivity index (χ4v) is 1.66. The molecule has 1 rings (SSSR count). The molecule has 5 heteroatoms. The van der Waals surface area contributed by atoms with Crippen molar-refractivity contribution in [3.05, 3.63) is 0 Å². The molecular weight excluding hydrogens is 208 g/mol. The summed E-state index contributed by atoms with van der Waals surface area (Å²) in [5.41, 5.74) is 0. The van der Waals surface area contributed by atoms with Gasteiger partial charge in [0.05, 0.1) is 0 Å². The SMILES string of the molecule is CCC[C@@H](NC(=O)NCC1CC1C)C(=O)O. The molecule has 0 saturated heterocycles. The second kappa shape index (κ2) is 5.72. The normalized spacial score (nSPS) is 24.6. The molecule has 2 amide bonds. The highest BCUT2D eigenvalue weighted by Crippen LogP contribution is 2.36. The second-order valence-corrected chi connectivity index (χ2v) is 4.51. The van der Waals surface area contributed by atoms with E-state index in [2.05, 4.69) is 17.6 Å². The molecule has 0 heterocycles. The Morgan fingerprint density at radius 1 is 1.50 bits per heavy atom. The maximum Gasteiger partial charge on any atom is 0.326 e. The van der Waals surface area contributed by atoms with Gasteiger partial charge in [-0.25, -0.2) is 9.59 Å². The number of hydrogen-bond donors (Lipinski definition) is 3. The quantitative estimate of drug-likeness (QED) is 0.639. The average Bonchev–Trinajstić information content (AvgIpc) is 2.91. The van der Waals surface area contributed by atoms with Gasteiger partial charge in [-0.3, -0.25) is 0 Å². The molecule has 1 saturated carbocycles. The van der Waals surface area contributed by atoms with E-state index < -0.39 is 12.0 Å². The molecule has 1 aliphatic rings. The summed E-state index contributed by atoms with van der Waals surface area (Å²) in [6.45, 7) is 4.67. The standard InChI is InChI=1S/C11H20N2O3/c1-3-4-9(10(14)15)13-11(16)12-6-8-5-7(8)2/h7-9H,3-6H2,1-2H3,(H,14,15)(H2,12,13,16)/t7?,8?,9-/m1/s1. The number of carboxylic acids is 1. The van der Waals surface area contributed by atoms with E-state index in [9.17, 15) is 9.59 Å². The van der Waals surface area contributed by atoms with Crippen molar-refractivity contribution in [3.8, 4) is 0 Å². The van der Waals surface area contributed by atoms with Gasteiger partial charge in [-0.1, -0.05) is 20.3 Å². The van der Waals surface area contributed by atoms with E-state index in [1.54, 1.807) is 0 Å². The summed E-state index contributed by atoms with van der Waals surface area (Å²) in [5.74, 6) is 0.281. The predicted molar refractivity (Wildman–Crippen MR) is 60.1 cm³/mol. The van der Waals surface area contributed by atoms with E-state index >= 15 is 0 Å². The number of nitrogens with one attached hydrogen (secondary N) is 2. The van der Waals surface area contributed by atoms with Gasteiger partial charge in [0.15, 0.2) is 0 Å². The van der Waals surface area contributed by atoms with Crippen molar-refractivity contribution in [3.63, 3.8) is 0 Å². The minimum atomic E-state index is -0.975. The Kier molecular flexibility index (Phi) is 4.58. The molecule has 16 heavy (non-hydrogen) atoms. The van der Waals surface area contributed by atoms with Crippen LogP contribution < -0.4 is 10.6 Å². The maximum absolute atomic E-state index is 11.4. The van der Waals surface area contributed by atoms with Gasteiger partial charge < -0.3 is 15.7 Å². The Hall–Kier alpha value is -1.26. The van der Waals surface area contributed by atoms with Crippen molar-refractivity contribution in [2.24, 2.45) is 11.8 Å². The van der Waals surface area contributed by atoms with Crippen LogP contribution in [0.25, 0.3) is 0 Å². The minimum Gasteiger partial charge on any atom is -0.480 e. The van der Waals surface area contributed by atoms with Crippen LogP contribution in [-0.2, 0) is 4.79 Å². The molecule has 1 aliphatic carbocycles. The van der Waals surface area contributed by atoms with Gasteiger partial charge in [0.1, 0.15) is 6.04 Å². The number of rotatable bonds is 6. The Bertz CT molecular complexity index is 268. The van der Waals surface area contributed by atoms with Crippen LogP contribution >= 0.6 is 0 Å². The number of hydrogen-bond acceptors (Lipinski definition) is 2. The lowest BCUT2D eigenvalue weighted by atomic mass is 10.2. The van der Waals surface area contributed by atoms with Crippen LogP contribution in [-0.4, -0.2) is 29.7 Å². The van der Waals surface area contributed by atoms with Crippen LogP contribution in [0.4, 0.5) is 4.79 Å². The zero-order valence-electron chi connectivity index (χ0n) is 9.82. The third kappa shape index (κ3) is 4.08. The number of amides is 2. The molecule has 0 spiro atoms. The Labute approximate surface area is 95.6 Å². The Morgan fingerprint density at radius 3 is 2.56 bits per heavy atom. The fraction of sp³-hybridized carbons (Fsp3) is 0.818. The van der Waals surface area contributed by atoms with Gasteiger partial charge in [-0.15, -0.1) is 0 Å². The third-order valence-corrected chi connectivity index (χ3v) is 2.98. The summed E-state index contributed by atoms with van der Waals surface area (Å²) >= 11 is 0. The van der Waals surface area contributed by atoms with Gasteiger partial charge in [0, 0.05) is 6.54 Å². The summed E-state index contributed by atoms with van der Waals surface area (Å²) < 4.78 is 0. The zero-order valence-corrected chi connectivity index (χ0v) is 9.82. The monoisotopic (exact) mass is 228 g/mol. The van der Waals surface area contributed by atoms with Gasteiger partial charge in [-0.2, -0.15) is 0 Å². The van der Waals surface area contributed by atoms with E-state index in [0.717, 1.165) is 12.8 Å². The van der Waals surface area contributed by atoms with Crippen LogP contribution in [0.3, 0.4) is 0 Å². The van der Waals surface area contributed by atoms with Crippen molar-refractivity contribution in [1.82, 2.24) is 10.6 Å². The smallest absolute Gasteiger partial charge is 0.326 e. The molecule has 2 unspecified atom stereocenters. The molecule has 0 aromatic rings. The number of carbonyl (C=O) groups is 2. The van der Waals surface area contributed by atoms with Crippen molar-refractivity contribution in [1.29, 1.82) is 0 Å². The summed E-state index contributed by atoms with van der Waals surface area (Å²) in [7, 11) is 0. The predicted octanol–water partition coefficient (Wildman–Crippen LogP) is 1.19. The molecule has 0 aliphatic heterocycles. The Morgan fingerprint density at radius 2 is 2.12 bits per heavy atom. The first-order valence-electron chi connectivity index (χ1n) is 5.81. The van der Waals surface area contributed by atoms with Gasteiger partial charge >= 0.3 is 12.0 Å². The Balaban J connectivity index is 2.22. The van der Waals surface area contributed by atoms with Crippen molar-refractivity contribution >= 4 is 12.0 Å². The van der Waals surface area contributed by atoms with Crippen molar-refractivity contribution < 1.29 is 14.7 Å². The molecule has 0 aromatic heterocycles. The van der Waals surface area contributed by atoms with E-state index in [-0.39, 0.29) is 6.03 Å². The summed E-state index contributed by atoms with van der Waals surface area (Å²) in [5, 5.41) is 14.0. The van der Waals surface area contributed by atoms with Crippen molar-refractivity contribution in [2.75, 3.05) is 6.54 Å². The molecule has 3 atom stereocenters. The maximum atomic E-state index is 11.4. The second-order valence-electron chi connectivity index (χ2n) is 4.51. The highest BCUT2D eigenvalue weighted by molar-refractivity contribution is 5.82. The van der Waals surface area contributed by atoms with Crippen molar-refractivity contribution in [2.45, 2.75) is 39.2 Å². The summed E-state index contributed by atoms with van der Waals surface area (Å²) in [6, 6.07) is -1.15. The van der Waals surface area contributed by atoms with Crippen LogP contribution in [0.15, 0.2) is 0 Å². The largest absolute Gasteiger partial charge is 0.480 e. The lowest BCUT2D eigenvalue weighted by Crippen LogP contribution is -2.46. The molecule has 0 radical (unpaired) electrons. The first-order chi connectivity index (χ1) is 7.54. The van der Waals surface area contributed by atoms with Crippen LogP contribution in [0.1, 0.15) is 33.1 Å². The lowest BCUT2D eigenvalue weighted by molar-refractivity contribution is -0.139. The number of urea groups is 1. The number of aliphatic carboxylic acids is 1. The fourth-order valence-electron chi connectivity index (χ4n) is 1.66. The highest BCUT2D eigenvalue weighted by atomic mass is 16.4. The summed E-state index contributed by atoms with van der Waals surface area (Å²) in [6.07, 6.45) is 2.34. The molecule has 0 bridgehead atoms. The van der Waals surface area contributed by atoms with Crippen LogP contribution in [0, 0.1) is 11.8 Å². The average molecular weight is 228 g/mol. The third-order valence-electron chi connectivity index (χ3n) is 2.98. The van der Waals surface area contributed by atoms with Gasteiger partial charge in [0.2, 0.25) is 0 Å². The zero-order chi connectivity index (χ0) is 12.1. The van der Waals surface area contributed by atoms with Gasteiger partial charge in [-0.05, 0) is 24.7 Å². The first kappa shape index (κ1) is 12.8. The number of carboxylic acid groups (broad SMARTS) is 1. The molecule has 0 aromatic carbocycles. The minimum absolute atomic E-state index is 0.375. The van der Waals surface area contributed by atoms with Crippen LogP contribution in [0.2, 0.25) is 0 Å².